The molecule has 1 atom stereocenters. The number of anilines is 1. The third-order valence-corrected chi connectivity index (χ3v) is 4.01. The highest BCUT2D eigenvalue weighted by atomic mass is 16.4. The quantitative estimate of drug-likeness (QED) is 0.784. The maximum Gasteiger partial charge on any atom is 0.311 e. The molecule has 0 spiro atoms. The van der Waals surface area contributed by atoms with Crippen molar-refractivity contribution in [3.05, 3.63) is 29.8 Å². The summed E-state index contributed by atoms with van der Waals surface area (Å²) in [7, 11) is 0. The Morgan fingerprint density at radius 2 is 2.00 bits per heavy atom. The monoisotopic (exact) mass is 247 g/mol. The Bertz CT molecular complexity index is 411. The number of rotatable bonds is 5. The molecule has 0 aliphatic heterocycles. The van der Waals surface area contributed by atoms with Crippen LogP contribution < -0.4 is 5.73 Å². The SMILES string of the molecule is Nc1ccccc1C(CCC1CCCC1)C(=O)O. The van der Waals surface area contributed by atoms with Crippen LogP contribution >= 0.6 is 0 Å². The highest BCUT2D eigenvalue weighted by molar-refractivity contribution is 5.78. The largest absolute Gasteiger partial charge is 0.481 e. The molecule has 3 N–H and O–H groups in total. The van der Waals surface area contributed by atoms with Crippen LogP contribution in [0.2, 0.25) is 0 Å². The van der Waals surface area contributed by atoms with Gasteiger partial charge in [0.25, 0.3) is 0 Å². The number of hydrogen-bond donors (Lipinski definition) is 2. The number of carboxylic acids is 1. The molecular weight excluding hydrogens is 226 g/mol. The lowest BCUT2D eigenvalue weighted by molar-refractivity contribution is -0.139. The van der Waals surface area contributed by atoms with Gasteiger partial charge in [-0.25, -0.2) is 0 Å². The second-order valence-electron chi connectivity index (χ2n) is 5.25. The summed E-state index contributed by atoms with van der Waals surface area (Å²) in [6.07, 6.45) is 6.83. The van der Waals surface area contributed by atoms with E-state index >= 15 is 0 Å². The molecule has 98 valence electrons. The number of hydrogen-bond acceptors (Lipinski definition) is 2. The van der Waals surface area contributed by atoms with Crippen molar-refractivity contribution in [3.63, 3.8) is 0 Å². The van der Waals surface area contributed by atoms with Gasteiger partial charge in [0.15, 0.2) is 0 Å². The van der Waals surface area contributed by atoms with Crippen molar-refractivity contribution in [3.8, 4) is 0 Å². The predicted molar refractivity (Wildman–Crippen MR) is 72.4 cm³/mol. The van der Waals surface area contributed by atoms with Crippen molar-refractivity contribution in [1.82, 2.24) is 0 Å². The number of aliphatic carboxylic acids is 1. The van der Waals surface area contributed by atoms with E-state index in [1.54, 1.807) is 6.07 Å². The summed E-state index contributed by atoms with van der Waals surface area (Å²) in [6, 6.07) is 7.32. The van der Waals surface area contributed by atoms with Crippen molar-refractivity contribution in [2.24, 2.45) is 5.92 Å². The van der Waals surface area contributed by atoms with E-state index in [4.69, 9.17) is 5.73 Å². The molecule has 1 fully saturated rings. The van der Waals surface area contributed by atoms with E-state index in [1.807, 2.05) is 18.2 Å². The van der Waals surface area contributed by atoms with E-state index in [1.165, 1.54) is 25.7 Å². The van der Waals surface area contributed by atoms with Crippen LogP contribution in [0.5, 0.6) is 0 Å². The van der Waals surface area contributed by atoms with Crippen molar-refractivity contribution in [1.29, 1.82) is 0 Å². The molecule has 1 aliphatic rings. The first-order chi connectivity index (χ1) is 8.68. The lowest BCUT2D eigenvalue weighted by Crippen LogP contribution is -2.14. The lowest BCUT2D eigenvalue weighted by Gasteiger charge is -2.17. The zero-order valence-electron chi connectivity index (χ0n) is 10.6. The molecule has 0 radical (unpaired) electrons. The summed E-state index contributed by atoms with van der Waals surface area (Å²) in [4.78, 5) is 11.4. The van der Waals surface area contributed by atoms with E-state index in [-0.39, 0.29) is 0 Å². The average Bonchev–Trinajstić information content (AvgIpc) is 2.84. The summed E-state index contributed by atoms with van der Waals surface area (Å²) < 4.78 is 0. The minimum atomic E-state index is -0.758. The van der Waals surface area contributed by atoms with Crippen LogP contribution in [-0.2, 0) is 4.79 Å². The van der Waals surface area contributed by atoms with Crippen LogP contribution in [0.4, 0.5) is 5.69 Å². The number of nitrogen functional groups attached to an aromatic ring is 1. The highest BCUT2D eigenvalue weighted by Crippen LogP contribution is 2.33. The molecule has 1 saturated carbocycles. The Labute approximate surface area is 108 Å². The second-order valence-corrected chi connectivity index (χ2v) is 5.25. The Kier molecular flexibility index (Phi) is 4.24. The minimum absolute atomic E-state index is 0.452. The third-order valence-electron chi connectivity index (χ3n) is 4.01. The van der Waals surface area contributed by atoms with E-state index in [9.17, 15) is 9.90 Å². The molecule has 18 heavy (non-hydrogen) atoms. The highest BCUT2D eigenvalue weighted by Gasteiger charge is 2.24. The van der Waals surface area contributed by atoms with Gasteiger partial charge in [0, 0.05) is 5.69 Å². The zero-order chi connectivity index (χ0) is 13.0. The van der Waals surface area contributed by atoms with Gasteiger partial charge in [-0.05, 0) is 30.4 Å². The van der Waals surface area contributed by atoms with Gasteiger partial charge in [0.2, 0.25) is 0 Å². The number of nitrogens with two attached hydrogens (primary N) is 1. The van der Waals surface area contributed by atoms with E-state index in [2.05, 4.69) is 0 Å². The second kappa shape index (κ2) is 5.89. The summed E-state index contributed by atoms with van der Waals surface area (Å²) in [5.74, 6) is -0.491. The first kappa shape index (κ1) is 12.9. The van der Waals surface area contributed by atoms with Gasteiger partial charge in [-0.2, -0.15) is 0 Å². The van der Waals surface area contributed by atoms with Crippen LogP contribution in [-0.4, -0.2) is 11.1 Å². The van der Waals surface area contributed by atoms with Gasteiger partial charge in [-0.1, -0.05) is 43.9 Å². The first-order valence-corrected chi connectivity index (χ1v) is 6.75. The molecule has 0 heterocycles. The molecule has 0 aromatic heterocycles. The van der Waals surface area contributed by atoms with Crippen molar-refractivity contribution >= 4 is 11.7 Å². The van der Waals surface area contributed by atoms with Gasteiger partial charge in [0.05, 0.1) is 5.92 Å². The minimum Gasteiger partial charge on any atom is -0.481 e. The maximum atomic E-state index is 11.4. The number of carbonyl (C=O) groups is 1. The van der Waals surface area contributed by atoms with Crippen LogP contribution in [0.25, 0.3) is 0 Å². The van der Waals surface area contributed by atoms with E-state index < -0.39 is 11.9 Å². The van der Waals surface area contributed by atoms with Crippen LogP contribution in [0.3, 0.4) is 0 Å². The Balaban J connectivity index is 2.04. The van der Waals surface area contributed by atoms with Crippen LogP contribution in [0, 0.1) is 5.92 Å². The molecular formula is C15H21NO2. The zero-order valence-corrected chi connectivity index (χ0v) is 10.6. The summed E-state index contributed by atoms with van der Waals surface area (Å²) in [6.45, 7) is 0. The Morgan fingerprint density at radius 1 is 1.33 bits per heavy atom. The molecule has 1 aliphatic carbocycles. The van der Waals surface area contributed by atoms with Gasteiger partial charge in [-0.15, -0.1) is 0 Å². The number of para-hydroxylation sites is 1. The molecule has 0 bridgehead atoms. The molecule has 1 aromatic rings. The van der Waals surface area contributed by atoms with Gasteiger partial charge >= 0.3 is 5.97 Å². The molecule has 1 unspecified atom stereocenters. The molecule has 3 nitrogen and oxygen atoms in total. The molecule has 0 saturated heterocycles. The average molecular weight is 247 g/mol. The molecule has 0 amide bonds. The predicted octanol–water partition coefficient (Wildman–Crippen LogP) is 3.41. The standard InChI is InChI=1S/C15H21NO2/c16-14-8-4-3-7-12(14)13(15(17)18)10-9-11-5-1-2-6-11/h3-4,7-8,11,13H,1-2,5-6,9-10,16H2,(H,17,18). The Morgan fingerprint density at radius 3 is 2.61 bits per heavy atom. The van der Waals surface area contributed by atoms with Crippen molar-refractivity contribution < 1.29 is 9.90 Å². The van der Waals surface area contributed by atoms with Crippen molar-refractivity contribution in [2.75, 3.05) is 5.73 Å². The Hall–Kier alpha value is -1.51. The van der Waals surface area contributed by atoms with Crippen LogP contribution in [0.1, 0.15) is 50.0 Å². The van der Waals surface area contributed by atoms with Crippen LogP contribution in [0.15, 0.2) is 24.3 Å². The van der Waals surface area contributed by atoms with Gasteiger partial charge < -0.3 is 10.8 Å². The fourth-order valence-electron chi connectivity index (χ4n) is 2.94. The third kappa shape index (κ3) is 3.03. The smallest absolute Gasteiger partial charge is 0.311 e. The summed E-state index contributed by atoms with van der Waals surface area (Å²) >= 11 is 0. The number of benzene rings is 1. The van der Waals surface area contributed by atoms with Gasteiger partial charge in [-0.3, -0.25) is 4.79 Å². The number of carboxylic acid groups (broad SMARTS) is 1. The normalized spacial score (nSPS) is 17.8. The fourth-order valence-corrected chi connectivity index (χ4v) is 2.94. The topological polar surface area (TPSA) is 63.3 Å². The van der Waals surface area contributed by atoms with Gasteiger partial charge in [0.1, 0.15) is 0 Å². The van der Waals surface area contributed by atoms with E-state index in [0.29, 0.717) is 12.1 Å². The van der Waals surface area contributed by atoms with E-state index in [0.717, 1.165) is 17.9 Å². The van der Waals surface area contributed by atoms with Crippen molar-refractivity contribution in [2.45, 2.75) is 44.4 Å². The molecule has 1 aromatic carbocycles. The lowest BCUT2D eigenvalue weighted by atomic mass is 9.89. The first-order valence-electron chi connectivity index (χ1n) is 6.75. The maximum absolute atomic E-state index is 11.4. The molecule has 2 rings (SSSR count). The summed E-state index contributed by atoms with van der Waals surface area (Å²) in [5.41, 5.74) is 7.24. The fraction of sp³-hybridized carbons (Fsp3) is 0.533. The molecule has 3 heteroatoms. The summed E-state index contributed by atoms with van der Waals surface area (Å²) in [5, 5.41) is 9.37.